The lowest BCUT2D eigenvalue weighted by atomic mass is 10.2. The summed E-state index contributed by atoms with van der Waals surface area (Å²) in [4.78, 5) is 43.1. The number of pyridine rings is 1. The molecule has 1 unspecified atom stereocenters. The number of hydrogen-bond acceptors (Lipinski definition) is 9. The number of hydrogen-bond donors (Lipinski definition) is 1. The van der Waals surface area contributed by atoms with Crippen molar-refractivity contribution in [3.8, 4) is 0 Å². The third-order valence-corrected chi connectivity index (χ3v) is 6.01. The van der Waals surface area contributed by atoms with Gasteiger partial charge in [-0.2, -0.15) is 4.98 Å². The second kappa shape index (κ2) is 8.09. The molecule has 3 aromatic rings. The van der Waals surface area contributed by atoms with E-state index in [2.05, 4.69) is 15.4 Å². The van der Waals surface area contributed by atoms with Crippen molar-refractivity contribution in [1.82, 2.24) is 20.4 Å². The van der Waals surface area contributed by atoms with E-state index in [1.807, 2.05) is 0 Å². The molecule has 1 aliphatic heterocycles. The Morgan fingerprint density at radius 3 is 2.90 bits per heavy atom. The molecule has 1 aromatic carbocycles. The number of hydrazine groups is 1. The number of nitrogens with one attached hydrogen (secondary N) is 1. The Kier molecular flexibility index (Phi) is 5.36. The van der Waals surface area contributed by atoms with Crippen LogP contribution in [0.2, 0.25) is 0 Å². The topological polar surface area (TPSA) is 131 Å². The highest BCUT2D eigenvalue weighted by atomic mass is 32.2. The number of oxazole rings is 1. The van der Waals surface area contributed by atoms with Crippen molar-refractivity contribution in [2.24, 2.45) is 0 Å². The Balaban J connectivity index is 1.40. The lowest BCUT2D eigenvalue weighted by Gasteiger charge is -2.24. The highest BCUT2D eigenvalue weighted by Crippen LogP contribution is 2.37. The first-order chi connectivity index (χ1) is 14.0. The Morgan fingerprint density at radius 1 is 1.38 bits per heavy atom. The SMILES string of the molecule is O=C(CSc1nc2ncccc2o1)NN1C(=O)CSC1c1ccc([N+](=O)[O-])cc1. The van der Waals surface area contributed by atoms with E-state index in [-0.39, 0.29) is 23.1 Å². The molecule has 0 aliphatic carbocycles. The zero-order chi connectivity index (χ0) is 20.4. The van der Waals surface area contributed by atoms with E-state index in [0.29, 0.717) is 22.0 Å². The van der Waals surface area contributed by atoms with Crippen LogP contribution in [0.15, 0.2) is 52.2 Å². The summed E-state index contributed by atoms with van der Waals surface area (Å²) in [5, 5.41) is 11.9. The molecule has 10 nitrogen and oxygen atoms in total. The molecule has 4 rings (SSSR count). The minimum atomic E-state index is -0.491. The number of carbonyl (C=O) groups excluding carboxylic acids is 2. The van der Waals surface area contributed by atoms with Gasteiger partial charge in [0.05, 0.1) is 16.4 Å². The maximum atomic E-state index is 12.3. The second-order valence-corrected chi connectivity index (χ2v) is 7.90. The van der Waals surface area contributed by atoms with Crippen LogP contribution < -0.4 is 5.43 Å². The summed E-state index contributed by atoms with van der Waals surface area (Å²) in [5.41, 5.74) is 4.23. The number of carbonyl (C=O) groups is 2. The summed E-state index contributed by atoms with van der Waals surface area (Å²) >= 11 is 2.42. The number of benzene rings is 1. The van der Waals surface area contributed by atoms with E-state index in [0.717, 1.165) is 11.8 Å². The van der Waals surface area contributed by atoms with Crippen molar-refractivity contribution < 1.29 is 18.9 Å². The predicted molar refractivity (Wildman–Crippen MR) is 106 cm³/mol. The van der Waals surface area contributed by atoms with E-state index in [4.69, 9.17) is 4.42 Å². The minimum absolute atomic E-state index is 0.00570. The number of amides is 2. The van der Waals surface area contributed by atoms with E-state index in [1.165, 1.54) is 28.9 Å². The smallest absolute Gasteiger partial charge is 0.269 e. The summed E-state index contributed by atoms with van der Waals surface area (Å²) in [6, 6.07) is 9.35. The van der Waals surface area contributed by atoms with Crippen molar-refractivity contribution >= 4 is 52.3 Å². The first-order valence-corrected chi connectivity index (χ1v) is 10.4. The van der Waals surface area contributed by atoms with Crippen LogP contribution in [-0.2, 0) is 9.59 Å². The van der Waals surface area contributed by atoms with E-state index in [9.17, 15) is 19.7 Å². The number of rotatable bonds is 6. The van der Waals surface area contributed by atoms with Gasteiger partial charge >= 0.3 is 0 Å². The number of fused-ring (bicyclic) bond motifs is 1. The molecule has 0 saturated carbocycles. The number of nitro groups is 1. The standard InChI is InChI=1S/C17H13N5O5S2/c23-13(8-29-17-19-15-12(27-17)2-1-7-18-15)20-21-14(24)9-28-16(21)10-3-5-11(6-4-10)22(25)26/h1-7,16H,8-9H2,(H,20,23). The molecule has 1 atom stereocenters. The van der Waals surface area contributed by atoms with Gasteiger partial charge in [-0.05, 0) is 29.8 Å². The number of aromatic nitrogens is 2. The van der Waals surface area contributed by atoms with Gasteiger partial charge in [0.1, 0.15) is 5.37 Å². The lowest BCUT2D eigenvalue weighted by Crippen LogP contribution is -2.45. The fourth-order valence-corrected chi connectivity index (χ4v) is 4.38. The van der Waals surface area contributed by atoms with Gasteiger partial charge < -0.3 is 4.42 Å². The van der Waals surface area contributed by atoms with Crippen LogP contribution in [0.25, 0.3) is 11.2 Å². The van der Waals surface area contributed by atoms with Crippen LogP contribution in [0, 0.1) is 10.1 Å². The summed E-state index contributed by atoms with van der Waals surface area (Å²) in [6.45, 7) is 0. The van der Waals surface area contributed by atoms with Crippen LogP contribution in [0.1, 0.15) is 10.9 Å². The molecule has 1 N–H and O–H groups in total. The van der Waals surface area contributed by atoms with E-state index in [1.54, 1.807) is 30.5 Å². The molecule has 2 amide bonds. The zero-order valence-electron chi connectivity index (χ0n) is 14.7. The van der Waals surface area contributed by atoms with Gasteiger partial charge in [0, 0.05) is 18.3 Å². The van der Waals surface area contributed by atoms with Crippen molar-refractivity contribution in [3.05, 3.63) is 58.3 Å². The van der Waals surface area contributed by atoms with Crippen LogP contribution >= 0.6 is 23.5 Å². The Morgan fingerprint density at radius 2 is 2.17 bits per heavy atom. The molecule has 29 heavy (non-hydrogen) atoms. The van der Waals surface area contributed by atoms with Crippen molar-refractivity contribution in [1.29, 1.82) is 0 Å². The summed E-state index contributed by atoms with van der Waals surface area (Å²) < 4.78 is 5.50. The molecule has 148 valence electrons. The normalized spacial score (nSPS) is 16.3. The molecule has 0 bridgehead atoms. The third-order valence-electron chi connectivity index (χ3n) is 3.97. The molecule has 1 fully saturated rings. The van der Waals surface area contributed by atoms with Gasteiger partial charge in [0.2, 0.25) is 5.91 Å². The fourth-order valence-electron chi connectivity index (χ4n) is 2.66. The Hall–Kier alpha value is -3.12. The number of non-ortho nitro benzene ring substituents is 1. The van der Waals surface area contributed by atoms with E-state index >= 15 is 0 Å². The highest BCUT2D eigenvalue weighted by Gasteiger charge is 2.34. The molecule has 1 saturated heterocycles. The molecule has 0 spiro atoms. The largest absolute Gasteiger partial charge is 0.430 e. The van der Waals surface area contributed by atoms with Gasteiger partial charge in [0.15, 0.2) is 11.2 Å². The van der Waals surface area contributed by atoms with Crippen molar-refractivity contribution in [3.63, 3.8) is 0 Å². The average Bonchev–Trinajstić information content (AvgIpc) is 3.30. The first-order valence-electron chi connectivity index (χ1n) is 8.33. The summed E-state index contributed by atoms with van der Waals surface area (Å²) in [7, 11) is 0. The van der Waals surface area contributed by atoms with Crippen molar-refractivity contribution in [2.45, 2.75) is 10.6 Å². The zero-order valence-corrected chi connectivity index (χ0v) is 16.3. The molecule has 3 heterocycles. The van der Waals surface area contributed by atoms with Gasteiger partial charge in [-0.1, -0.05) is 11.8 Å². The maximum absolute atomic E-state index is 12.3. The number of nitro benzene ring substituents is 1. The second-order valence-electron chi connectivity index (χ2n) is 5.90. The average molecular weight is 431 g/mol. The van der Waals surface area contributed by atoms with Crippen LogP contribution in [-0.4, -0.2) is 43.2 Å². The van der Waals surface area contributed by atoms with Gasteiger partial charge in [-0.15, -0.1) is 11.8 Å². The summed E-state index contributed by atoms with van der Waals surface area (Å²) in [5.74, 6) is -0.448. The summed E-state index contributed by atoms with van der Waals surface area (Å²) in [6.07, 6.45) is 1.60. The molecular weight excluding hydrogens is 418 g/mol. The monoisotopic (exact) mass is 431 g/mol. The number of nitrogens with zero attached hydrogens (tertiary/aromatic N) is 4. The highest BCUT2D eigenvalue weighted by molar-refractivity contribution is 8.00. The maximum Gasteiger partial charge on any atom is 0.269 e. The predicted octanol–water partition coefficient (Wildman–Crippen LogP) is 2.53. The molecule has 0 radical (unpaired) electrons. The minimum Gasteiger partial charge on any atom is -0.430 e. The molecular formula is C17H13N5O5S2. The van der Waals surface area contributed by atoms with Crippen LogP contribution in [0.3, 0.4) is 0 Å². The Bertz CT molecular complexity index is 1050. The van der Waals surface area contributed by atoms with Gasteiger partial charge in [-0.3, -0.25) is 25.1 Å². The number of thioether (sulfide) groups is 2. The fraction of sp³-hybridized carbons (Fsp3) is 0.176. The first kappa shape index (κ1) is 19.2. The van der Waals surface area contributed by atoms with Gasteiger partial charge in [-0.25, -0.2) is 9.99 Å². The van der Waals surface area contributed by atoms with Gasteiger partial charge in [0.25, 0.3) is 16.8 Å². The lowest BCUT2D eigenvalue weighted by molar-refractivity contribution is -0.384. The molecule has 2 aromatic heterocycles. The third kappa shape index (κ3) is 4.17. The Labute approximate surface area is 172 Å². The van der Waals surface area contributed by atoms with Crippen LogP contribution in [0.4, 0.5) is 5.69 Å². The van der Waals surface area contributed by atoms with Crippen LogP contribution in [0.5, 0.6) is 0 Å². The molecule has 1 aliphatic rings. The van der Waals surface area contributed by atoms with Crippen molar-refractivity contribution in [2.75, 3.05) is 11.5 Å². The molecule has 12 heteroatoms. The van der Waals surface area contributed by atoms with E-state index < -0.39 is 16.2 Å². The quantitative estimate of drug-likeness (QED) is 0.355.